The zero-order valence-electron chi connectivity index (χ0n) is 16.9. The molecular weight excluding hydrogens is 376 g/mol. The molecule has 0 atom stereocenters. The molecule has 1 amide bonds. The van der Waals surface area contributed by atoms with Crippen molar-refractivity contribution in [3.05, 3.63) is 10.6 Å². The van der Waals surface area contributed by atoms with Crippen molar-refractivity contribution in [3.63, 3.8) is 0 Å². The zero-order valence-corrected chi connectivity index (χ0v) is 17.7. The summed E-state index contributed by atoms with van der Waals surface area (Å²) in [7, 11) is 0. The molecule has 8 heteroatoms. The Labute approximate surface area is 170 Å². The number of aromatic nitrogens is 1. The van der Waals surface area contributed by atoms with Gasteiger partial charge in [0, 0.05) is 19.6 Å². The normalized spacial score (nSPS) is 19.2. The van der Waals surface area contributed by atoms with Gasteiger partial charge in [-0.3, -0.25) is 9.59 Å². The minimum absolute atomic E-state index is 0.0708. The van der Waals surface area contributed by atoms with Gasteiger partial charge in [0.15, 0.2) is 5.13 Å². The number of carboxylic acid groups (broad SMARTS) is 1. The molecule has 2 saturated heterocycles. The van der Waals surface area contributed by atoms with Crippen molar-refractivity contribution in [2.75, 3.05) is 37.6 Å². The highest BCUT2D eigenvalue weighted by Crippen LogP contribution is 2.36. The fourth-order valence-electron chi connectivity index (χ4n) is 4.25. The van der Waals surface area contributed by atoms with E-state index in [2.05, 4.69) is 15.5 Å². The molecule has 0 unspecified atom stereocenters. The highest BCUT2D eigenvalue weighted by atomic mass is 32.1. The van der Waals surface area contributed by atoms with Gasteiger partial charge in [0.2, 0.25) is 0 Å². The van der Waals surface area contributed by atoms with Gasteiger partial charge in [-0.25, -0.2) is 4.98 Å². The second-order valence-electron chi connectivity index (χ2n) is 8.18. The van der Waals surface area contributed by atoms with Gasteiger partial charge >= 0.3 is 5.97 Å². The van der Waals surface area contributed by atoms with Gasteiger partial charge in [-0.15, -0.1) is 0 Å². The van der Waals surface area contributed by atoms with Crippen LogP contribution in [0.3, 0.4) is 0 Å². The number of piperidine rings is 2. The van der Waals surface area contributed by atoms with Crippen LogP contribution >= 0.6 is 11.3 Å². The molecule has 3 rings (SSSR count). The molecule has 0 radical (unpaired) electrons. The summed E-state index contributed by atoms with van der Waals surface area (Å²) in [6, 6.07) is 0. The average Bonchev–Trinajstić information content (AvgIpc) is 3.14. The topological polar surface area (TPSA) is 94.6 Å². The zero-order chi connectivity index (χ0) is 20.1. The van der Waals surface area contributed by atoms with E-state index in [1.807, 2.05) is 13.8 Å². The summed E-state index contributed by atoms with van der Waals surface area (Å²) in [6.07, 6.45) is 4.90. The largest absolute Gasteiger partial charge is 0.481 e. The van der Waals surface area contributed by atoms with Crippen LogP contribution in [0.15, 0.2) is 0 Å². The molecule has 2 aliphatic rings. The highest BCUT2D eigenvalue weighted by Gasteiger charge is 2.30. The Kier molecular flexibility index (Phi) is 7.29. The Morgan fingerprint density at radius 1 is 1.21 bits per heavy atom. The molecule has 2 fully saturated rings. The standard InChI is InChI=1S/C20H32N4O3S/c1-13(2)17-18(19(27)22-10-5-16(25)26)28-20(23-17)24-11-6-15(7-12-24)14-3-8-21-9-4-14/h13-15,21H,3-12H2,1-2H3,(H,22,27)(H,25,26). The molecular formula is C20H32N4O3S. The lowest BCUT2D eigenvalue weighted by Crippen LogP contribution is -2.39. The van der Waals surface area contributed by atoms with E-state index in [4.69, 9.17) is 10.1 Å². The number of carboxylic acids is 1. The van der Waals surface area contributed by atoms with Crippen molar-refractivity contribution in [3.8, 4) is 0 Å². The van der Waals surface area contributed by atoms with Crippen LogP contribution in [0, 0.1) is 11.8 Å². The monoisotopic (exact) mass is 408 g/mol. The summed E-state index contributed by atoms with van der Waals surface area (Å²) in [5.74, 6) is 0.685. The van der Waals surface area contributed by atoms with E-state index in [0.717, 1.165) is 48.8 Å². The van der Waals surface area contributed by atoms with Crippen LogP contribution in [0.1, 0.15) is 67.2 Å². The molecule has 3 heterocycles. The molecule has 0 bridgehead atoms. The first-order valence-electron chi connectivity index (χ1n) is 10.4. The highest BCUT2D eigenvalue weighted by molar-refractivity contribution is 7.17. The maximum Gasteiger partial charge on any atom is 0.305 e. The third-order valence-electron chi connectivity index (χ3n) is 5.88. The molecule has 0 aromatic carbocycles. The lowest BCUT2D eigenvalue weighted by molar-refractivity contribution is -0.136. The number of thiazole rings is 1. The number of anilines is 1. The van der Waals surface area contributed by atoms with Crippen molar-refractivity contribution >= 4 is 28.3 Å². The summed E-state index contributed by atoms with van der Waals surface area (Å²) in [5, 5.41) is 15.9. The van der Waals surface area contributed by atoms with Crippen LogP contribution in [-0.4, -0.2) is 54.7 Å². The lowest BCUT2D eigenvalue weighted by atomic mass is 9.79. The second kappa shape index (κ2) is 9.69. The first-order chi connectivity index (χ1) is 13.5. The Bertz CT molecular complexity index is 677. The average molecular weight is 409 g/mol. The van der Waals surface area contributed by atoms with Gasteiger partial charge in [-0.2, -0.15) is 0 Å². The summed E-state index contributed by atoms with van der Waals surface area (Å²) in [6.45, 7) is 8.51. The second-order valence-corrected chi connectivity index (χ2v) is 9.15. The first-order valence-corrected chi connectivity index (χ1v) is 11.2. The molecule has 1 aromatic heterocycles. The maximum atomic E-state index is 12.5. The molecule has 1 aromatic rings. The predicted molar refractivity (Wildman–Crippen MR) is 111 cm³/mol. The number of carbonyl (C=O) groups excluding carboxylic acids is 1. The maximum absolute atomic E-state index is 12.5. The summed E-state index contributed by atoms with van der Waals surface area (Å²) >= 11 is 1.44. The van der Waals surface area contributed by atoms with Crippen molar-refractivity contribution in [2.24, 2.45) is 11.8 Å². The smallest absolute Gasteiger partial charge is 0.305 e. The first kappa shape index (κ1) is 21.0. The fourth-order valence-corrected chi connectivity index (χ4v) is 5.44. The molecule has 0 aliphatic carbocycles. The van der Waals surface area contributed by atoms with Crippen LogP contribution in [-0.2, 0) is 4.79 Å². The van der Waals surface area contributed by atoms with Crippen molar-refractivity contribution in [1.29, 1.82) is 0 Å². The third kappa shape index (κ3) is 5.23. The van der Waals surface area contributed by atoms with Crippen molar-refractivity contribution < 1.29 is 14.7 Å². The Morgan fingerprint density at radius 2 is 1.86 bits per heavy atom. The van der Waals surface area contributed by atoms with Crippen molar-refractivity contribution in [2.45, 2.75) is 51.9 Å². The summed E-state index contributed by atoms with van der Waals surface area (Å²) in [5.41, 5.74) is 0.813. The molecule has 2 aliphatic heterocycles. The van der Waals surface area contributed by atoms with E-state index in [1.54, 1.807) is 0 Å². The van der Waals surface area contributed by atoms with Crippen LogP contribution < -0.4 is 15.5 Å². The van der Waals surface area contributed by atoms with E-state index >= 15 is 0 Å². The van der Waals surface area contributed by atoms with E-state index in [-0.39, 0.29) is 24.8 Å². The number of hydrogen-bond donors (Lipinski definition) is 3. The minimum Gasteiger partial charge on any atom is -0.481 e. The van der Waals surface area contributed by atoms with Crippen molar-refractivity contribution in [1.82, 2.24) is 15.6 Å². The van der Waals surface area contributed by atoms with Gasteiger partial charge in [0.1, 0.15) is 4.88 Å². The number of carbonyl (C=O) groups is 2. The molecule has 156 valence electrons. The van der Waals surface area contributed by atoms with Gasteiger partial charge < -0.3 is 20.6 Å². The Morgan fingerprint density at radius 3 is 2.46 bits per heavy atom. The Hall–Kier alpha value is -1.67. The van der Waals surface area contributed by atoms with Crippen LogP contribution in [0.25, 0.3) is 0 Å². The SMILES string of the molecule is CC(C)c1nc(N2CCC(C3CCNCC3)CC2)sc1C(=O)NCCC(=O)O. The number of nitrogens with zero attached hydrogens (tertiary/aromatic N) is 2. The number of rotatable bonds is 7. The van der Waals surface area contributed by atoms with Gasteiger partial charge in [0.05, 0.1) is 12.1 Å². The molecule has 7 nitrogen and oxygen atoms in total. The number of amides is 1. The van der Waals surface area contributed by atoms with Gasteiger partial charge in [-0.1, -0.05) is 25.2 Å². The number of hydrogen-bond acceptors (Lipinski definition) is 6. The van der Waals surface area contributed by atoms with E-state index in [1.165, 1.54) is 37.0 Å². The van der Waals surface area contributed by atoms with Gasteiger partial charge in [0.25, 0.3) is 5.91 Å². The summed E-state index contributed by atoms with van der Waals surface area (Å²) in [4.78, 5) is 31.0. The molecule has 3 N–H and O–H groups in total. The van der Waals surface area contributed by atoms with E-state index in [0.29, 0.717) is 4.88 Å². The van der Waals surface area contributed by atoms with E-state index in [9.17, 15) is 9.59 Å². The third-order valence-corrected chi connectivity index (χ3v) is 7.01. The fraction of sp³-hybridized carbons (Fsp3) is 0.750. The quantitative estimate of drug-likeness (QED) is 0.642. The molecule has 0 saturated carbocycles. The summed E-state index contributed by atoms with van der Waals surface area (Å²) < 4.78 is 0. The van der Waals surface area contributed by atoms with Crippen LogP contribution in [0.5, 0.6) is 0 Å². The predicted octanol–water partition coefficient (Wildman–Crippen LogP) is 2.69. The van der Waals surface area contributed by atoms with Crippen LogP contribution in [0.4, 0.5) is 5.13 Å². The lowest BCUT2D eigenvalue weighted by Gasteiger charge is -2.37. The Balaban J connectivity index is 1.62. The van der Waals surface area contributed by atoms with Gasteiger partial charge in [-0.05, 0) is 56.5 Å². The van der Waals surface area contributed by atoms with Crippen LogP contribution in [0.2, 0.25) is 0 Å². The molecule has 0 spiro atoms. The molecule has 28 heavy (non-hydrogen) atoms. The minimum atomic E-state index is -0.911. The number of nitrogens with one attached hydrogen (secondary N) is 2. The number of aliphatic carboxylic acids is 1. The van der Waals surface area contributed by atoms with E-state index < -0.39 is 5.97 Å².